The summed E-state index contributed by atoms with van der Waals surface area (Å²) >= 11 is 0. The Hall–Kier alpha value is -3.62. The van der Waals surface area contributed by atoms with Gasteiger partial charge in [0.15, 0.2) is 11.5 Å². The van der Waals surface area contributed by atoms with Crippen molar-refractivity contribution in [3.8, 4) is 17.2 Å². The highest BCUT2D eigenvalue weighted by Gasteiger charge is 2.14. The first-order valence-electron chi connectivity index (χ1n) is 8.14. The van der Waals surface area contributed by atoms with Crippen molar-refractivity contribution in [3.05, 3.63) is 53.3 Å². The fourth-order valence-corrected chi connectivity index (χ4v) is 2.30. The van der Waals surface area contributed by atoms with Crippen molar-refractivity contribution in [2.24, 2.45) is 5.10 Å². The first kappa shape index (κ1) is 20.7. The van der Waals surface area contributed by atoms with Gasteiger partial charge in [0.1, 0.15) is 5.82 Å². The standard InChI is InChI=1S/C19H20FN3O5/c1-26-15-9-6-13(17(27-2)18(15)28-3)10-22-23-16(24)11-21-19(25)12-4-7-14(20)8-5-12/h4-10H,11H2,1-3H3,(H,21,25)(H,23,24)/b22-10-. The van der Waals surface area contributed by atoms with E-state index in [-0.39, 0.29) is 12.1 Å². The van der Waals surface area contributed by atoms with Crippen LogP contribution in [0.5, 0.6) is 17.2 Å². The smallest absolute Gasteiger partial charge is 0.259 e. The van der Waals surface area contributed by atoms with Crippen LogP contribution < -0.4 is 25.0 Å². The van der Waals surface area contributed by atoms with E-state index in [4.69, 9.17) is 14.2 Å². The maximum atomic E-state index is 12.9. The molecule has 0 aliphatic heterocycles. The van der Waals surface area contributed by atoms with E-state index in [1.165, 1.54) is 39.7 Å². The Bertz CT molecular complexity index is 869. The third kappa shape index (κ3) is 5.19. The molecule has 2 N–H and O–H groups in total. The van der Waals surface area contributed by atoms with E-state index in [1.807, 2.05) is 0 Å². The summed E-state index contributed by atoms with van der Waals surface area (Å²) in [6.45, 7) is -0.295. The van der Waals surface area contributed by atoms with Gasteiger partial charge in [-0.15, -0.1) is 0 Å². The molecule has 9 heteroatoms. The van der Waals surface area contributed by atoms with E-state index in [2.05, 4.69) is 15.8 Å². The number of hydrogen-bond donors (Lipinski definition) is 2. The quantitative estimate of drug-likeness (QED) is 0.529. The Morgan fingerprint density at radius 3 is 2.29 bits per heavy atom. The third-order valence-electron chi connectivity index (χ3n) is 3.64. The Kier molecular flexibility index (Phi) is 7.32. The molecule has 0 aliphatic rings. The molecule has 2 amide bonds. The highest BCUT2D eigenvalue weighted by Crippen LogP contribution is 2.38. The van der Waals surface area contributed by atoms with E-state index in [9.17, 15) is 14.0 Å². The van der Waals surface area contributed by atoms with Crippen molar-refractivity contribution < 1.29 is 28.2 Å². The molecule has 0 aliphatic carbocycles. The molecular formula is C19H20FN3O5. The van der Waals surface area contributed by atoms with Crippen LogP contribution in [-0.4, -0.2) is 45.9 Å². The minimum absolute atomic E-state index is 0.243. The van der Waals surface area contributed by atoms with E-state index in [0.29, 0.717) is 22.8 Å². The number of carbonyl (C=O) groups is 2. The zero-order valence-corrected chi connectivity index (χ0v) is 15.6. The van der Waals surface area contributed by atoms with Crippen molar-refractivity contribution in [1.29, 1.82) is 0 Å². The van der Waals surface area contributed by atoms with Crippen LogP contribution in [0.2, 0.25) is 0 Å². The van der Waals surface area contributed by atoms with Gasteiger partial charge in [-0.05, 0) is 36.4 Å². The van der Waals surface area contributed by atoms with Crippen LogP contribution in [0.25, 0.3) is 0 Å². The fraction of sp³-hybridized carbons (Fsp3) is 0.211. The molecule has 8 nitrogen and oxygen atoms in total. The summed E-state index contributed by atoms with van der Waals surface area (Å²) in [6, 6.07) is 8.33. The molecule has 0 saturated heterocycles. The third-order valence-corrected chi connectivity index (χ3v) is 3.64. The number of nitrogens with one attached hydrogen (secondary N) is 2. The molecule has 2 aromatic carbocycles. The lowest BCUT2D eigenvalue weighted by molar-refractivity contribution is -0.120. The lowest BCUT2D eigenvalue weighted by Crippen LogP contribution is -2.34. The molecule has 2 rings (SSSR count). The molecule has 28 heavy (non-hydrogen) atoms. The zero-order valence-electron chi connectivity index (χ0n) is 15.6. The largest absolute Gasteiger partial charge is 0.493 e. The molecule has 0 radical (unpaired) electrons. The van der Waals surface area contributed by atoms with Gasteiger partial charge in [-0.1, -0.05) is 0 Å². The van der Waals surface area contributed by atoms with Gasteiger partial charge in [-0.25, -0.2) is 9.82 Å². The molecular weight excluding hydrogens is 369 g/mol. The van der Waals surface area contributed by atoms with E-state index in [0.717, 1.165) is 12.1 Å². The van der Waals surface area contributed by atoms with Gasteiger partial charge in [0.05, 0.1) is 34.1 Å². The van der Waals surface area contributed by atoms with Gasteiger partial charge in [-0.2, -0.15) is 5.10 Å². The molecule has 0 unspecified atom stereocenters. The summed E-state index contributed by atoms with van der Waals surface area (Å²) in [5.41, 5.74) is 3.09. The van der Waals surface area contributed by atoms with Gasteiger partial charge >= 0.3 is 0 Å². The van der Waals surface area contributed by atoms with Crippen LogP contribution >= 0.6 is 0 Å². The minimum atomic E-state index is -0.536. The van der Waals surface area contributed by atoms with E-state index < -0.39 is 17.6 Å². The first-order valence-corrected chi connectivity index (χ1v) is 8.14. The number of halogens is 1. The van der Waals surface area contributed by atoms with Crippen LogP contribution in [0.15, 0.2) is 41.5 Å². The number of hydrazone groups is 1. The molecule has 0 heterocycles. The maximum absolute atomic E-state index is 12.9. The molecule has 148 valence electrons. The van der Waals surface area contributed by atoms with Gasteiger partial charge in [-0.3, -0.25) is 9.59 Å². The fourth-order valence-electron chi connectivity index (χ4n) is 2.30. The van der Waals surface area contributed by atoms with Crippen molar-refractivity contribution in [3.63, 3.8) is 0 Å². The first-order chi connectivity index (χ1) is 13.5. The van der Waals surface area contributed by atoms with Crippen molar-refractivity contribution in [1.82, 2.24) is 10.7 Å². The maximum Gasteiger partial charge on any atom is 0.259 e. The van der Waals surface area contributed by atoms with Gasteiger partial charge in [0.2, 0.25) is 5.75 Å². The second-order valence-electron chi connectivity index (χ2n) is 5.41. The highest BCUT2D eigenvalue weighted by atomic mass is 19.1. The Balaban J connectivity index is 1.94. The number of amides is 2. The van der Waals surface area contributed by atoms with Gasteiger partial charge < -0.3 is 19.5 Å². The number of hydrogen-bond acceptors (Lipinski definition) is 6. The Labute approximate surface area is 161 Å². The SMILES string of the molecule is COc1ccc(/C=N\NC(=O)CNC(=O)c2ccc(F)cc2)c(OC)c1OC. The topological polar surface area (TPSA) is 98.2 Å². The van der Waals surface area contributed by atoms with Crippen LogP contribution in [0.4, 0.5) is 4.39 Å². The predicted molar refractivity (Wildman–Crippen MR) is 101 cm³/mol. The average molecular weight is 389 g/mol. The minimum Gasteiger partial charge on any atom is -0.493 e. The summed E-state index contributed by atoms with van der Waals surface area (Å²) < 4.78 is 28.6. The zero-order chi connectivity index (χ0) is 20.5. The number of carbonyl (C=O) groups excluding carboxylic acids is 2. The summed E-state index contributed by atoms with van der Waals surface area (Å²) in [5.74, 6) is -0.207. The van der Waals surface area contributed by atoms with Crippen LogP contribution in [0.3, 0.4) is 0 Å². The van der Waals surface area contributed by atoms with Crippen molar-refractivity contribution in [2.75, 3.05) is 27.9 Å². The number of rotatable bonds is 8. The van der Waals surface area contributed by atoms with Crippen LogP contribution in [0, 0.1) is 5.82 Å². The number of nitrogens with zero attached hydrogens (tertiary/aromatic N) is 1. The molecule has 0 fully saturated rings. The predicted octanol–water partition coefficient (Wildman–Crippen LogP) is 1.73. The summed E-state index contributed by atoms with van der Waals surface area (Å²) in [5, 5.41) is 6.26. The number of methoxy groups -OCH3 is 3. The highest BCUT2D eigenvalue weighted by molar-refractivity contribution is 5.96. The van der Waals surface area contributed by atoms with Crippen LogP contribution in [0.1, 0.15) is 15.9 Å². The van der Waals surface area contributed by atoms with Crippen molar-refractivity contribution >= 4 is 18.0 Å². The van der Waals surface area contributed by atoms with Gasteiger partial charge in [0.25, 0.3) is 11.8 Å². The Morgan fingerprint density at radius 2 is 1.68 bits per heavy atom. The summed E-state index contributed by atoms with van der Waals surface area (Å²) in [7, 11) is 4.45. The van der Waals surface area contributed by atoms with Crippen molar-refractivity contribution in [2.45, 2.75) is 0 Å². The molecule has 0 spiro atoms. The monoisotopic (exact) mass is 389 g/mol. The Morgan fingerprint density at radius 1 is 1.00 bits per heavy atom. The lowest BCUT2D eigenvalue weighted by atomic mass is 10.2. The molecule has 0 saturated carbocycles. The van der Waals surface area contributed by atoms with E-state index in [1.54, 1.807) is 12.1 Å². The number of ether oxygens (including phenoxy) is 3. The molecule has 2 aromatic rings. The second-order valence-corrected chi connectivity index (χ2v) is 5.41. The normalized spacial score (nSPS) is 10.4. The second kappa shape index (κ2) is 9.91. The van der Waals surface area contributed by atoms with Gasteiger partial charge in [0, 0.05) is 11.1 Å². The average Bonchev–Trinajstić information content (AvgIpc) is 2.71. The number of benzene rings is 2. The molecule has 0 aromatic heterocycles. The molecule has 0 atom stereocenters. The van der Waals surface area contributed by atoms with E-state index >= 15 is 0 Å². The lowest BCUT2D eigenvalue weighted by Gasteiger charge is -2.13. The molecule has 0 bridgehead atoms. The van der Waals surface area contributed by atoms with Crippen LogP contribution in [-0.2, 0) is 4.79 Å². The summed E-state index contributed by atoms with van der Waals surface area (Å²) in [6.07, 6.45) is 1.38. The summed E-state index contributed by atoms with van der Waals surface area (Å²) in [4.78, 5) is 23.7.